The van der Waals surface area contributed by atoms with Gasteiger partial charge in [-0.2, -0.15) is 0 Å². The van der Waals surface area contributed by atoms with E-state index >= 15 is 0 Å². The zero-order chi connectivity index (χ0) is 19.1. The third-order valence-corrected chi connectivity index (χ3v) is 4.22. The Bertz CT molecular complexity index is 796. The van der Waals surface area contributed by atoms with Gasteiger partial charge in [0.1, 0.15) is 5.75 Å². The smallest absolute Gasteiger partial charge is 0.262 e. The summed E-state index contributed by atoms with van der Waals surface area (Å²) in [5.74, 6) is -0.286. The highest BCUT2D eigenvalue weighted by Gasteiger charge is 2.15. The summed E-state index contributed by atoms with van der Waals surface area (Å²) in [6, 6.07) is 11.6. The number of nitrogens with one attached hydrogen (secondary N) is 2. The predicted molar refractivity (Wildman–Crippen MR) is 104 cm³/mol. The normalized spacial score (nSPS) is 11.5. The fraction of sp³-hybridized carbons (Fsp3) is 0.263. The number of rotatable bonds is 7. The van der Waals surface area contributed by atoms with Crippen LogP contribution in [0.25, 0.3) is 0 Å². The molecule has 2 N–H and O–H groups in total. The molecule has 5 nitrogen and oxygen atoms in total. The second kappa shape index (κ2) is 9.46. The van der Waals surface area contributed by atoms with Crippen LogP contribution in [0.2, 0.25) is 10.0 Å². The second-order valence-corrected chi connectivity index (χ2v) is 6.58. The molecule has 0 spiro atoms. The highest BCUT2D eigenvalue weighted by Crippen LogP contribution is 2.27. The van der Waals surface area contributed by atoms with Crippen LogP contribution in [-0.2, 0) is 4.79 Å². The lowest BCUT2D eigenvalue weighted by molar-refractivity contribution is -0.118. The zero-order valence-corrected chi connectivity index (χ0v) is 16.0. The number of benzene rings is 2. The van der Waals surface area contributed by atoms with Crippen molar-refractivity contribution in [2.75, 3.05) is 11.9 Å². The van der Waals surface area contributed by atoms with Crippen molar-refractivity contribution in [1.82, 2.24) is 5.32 Å². The Morgan fingerprint density at radius 3 is 2.58 bits per heavy atom. The molecule has 26 heavy (non-hydrogen) atoms. The van der Waals surface area contributed by atoms with Crippen molar-refractivity contribution in [3.8, 4) is 5.75 Å². The second-order valence-electron chi connectivity index (χ2n) is 5.74. The van der Waals surface area contributed by atoms with E-state index in [9.17, 15) is 9.59 Å². The molecule has 0 radical (unpaired) electrons. The molecular weight excluding hydrogens is 375 g/mol. The molecule has 0 heterocycles. The van der Waals surface area contributed by atoms with Crippen molar-refractivity contribution in [1.29, 1.82) is 0 Å². The molecule has 2 aromatic rings. The summed E-state index contributed by atoms with van der Waals surface area (Å²) in [4.78, 5) is 24.5. The predicted octanol–water partition coefficient (Wildman–Crippen LogP) is 4.54. The number of carbonyl (C=O) groups excluding carboxylic acids is 2. The van der Waals surface area contributed by atoms with Gasteiger partial charge in [-0.25, -0.2) is 0 Å². The number of para-hydroxylation sites is 1. The fourth-order valence-corrected chi connectivity index (χ4v) is 2.58. The first-order chi connectivity index (χ1) is 12.4. The van der Waals surface area contributed by atoms with Gasteiger partial charge < -0.3 is 15.4 Å². The van der Waals surface area contributed by atoms with Gasteiger partial charge in [0.2, 0.25) is 0 Å². The number of hydrogen-bond acceptors (Lipinski definition) is 3. The van der Waals surface area contributed by atoms with E-state index in [-0.39, 0.29) is 18.6 Å². The van der Waals surface area contributed by atoms with E-state index in [0.717, 1.165) is 6.42 Å². The molecule has 0 aliphatic rings. The van der Waals surface area contributed by atoms with E-state index in [2.05, 4.69) is 10.6 Å². The molecule has 1 atom stereocenters. The molecule has 0 unspecified atom stereocenters. The van der Waals surface area contributed by atoms with Crippen LogP contribution >= 0.6 is 23.2 Å². The highest BCUT2D eigenvalue weighted by molar-refractivity contribution is 6.35. The molecular formula is C19H20Cl2N2O3. The van der Waals surface area contributed by atoms with Gasteiger partial charge in [-0.1, -0.05) is 42.3 Å². The van der Waals surface area contributed by atoms with Crippen LogP contribution in [-0.4, -0.2) is 24.5 Å². The average Bonchev–Trinajstić information content (AvgIpc) is 2.61. The molecule has 0 fully saturated rings. The first kappa shape index (κ1) is 20.1. The maximum atomic E-state index is 12.3. The first-order valence-electron chi connectivity index (χ1n) is 8.18. The lowest BCUT2D eigenvalue weighted by atomic mass is 10.1. The van der Waals surface area contributed by atoms with E-state index < -0.39 is 5.91 Å². The molecule has 2 amide bonds. The molecule has 0 saturated carbocycles. The van der Waals surface area contributed by atoms with Crippen molar-refractivity contribution < 1.29 is 14.3 Å². The van der Waals surface area contributed by atoms with Crippen LogP contribution in [0.5, 0.6) is 5.75 Å². The van der Waals surface area contributed by atoms with Crippen LogP contribution in [0.3, 0.4) is 0 Å². The molecule has 2 rings (SSSR count). The Hall–Kier alpha value is -2.24. The summed E-state index contributed by atoms with van der Waals surface area (Å²) in [7, 11) is 0. The van der Waals surface area contributed by atoms with Gasteiger partial charge in [-0.15, -0.1) is 0 Å². The number of amides is 2. The Morgan fingerprint density at radius 1 is 1.15 bits per heavy atom. The van der Waals surface area contributed by atoms with E-state index in [1.54, 1.807) is 36.4 Å². The van der Waals surface area contributed by atoms with E-state index in [4.69, 9.17) is 27.9 Å². The molecule has 7 heteroatoms. The maximum absolute atomic E-state index is 12.3. The number of ether oxygens (including phenoxy) is 1. The summed E-state index contributed by atoms with van der Waals surface area (Å²) < 4.78 is 5.40. The monoisotopic (exact) mass is 394 g/mol. The standard InChI is InChI=1S/C19H20Cl2N2O3/c1-3-12(2)22-19(25)14-6-4-5-7-16(14)23-18(24)11-26-17-9-8-13(20)10-15(17)21/h4-10,12H,3,11H2,1-2H3,(H,22,25)(H,23,24)/t12-/m1/s1. The topological polar surface area (TPSA) is 67.4 Å². The van der Waals surface area contributed by atoms with Crippen molar-refractivity contribution in [3.05, 3.63) is 58.1 Å². The number of carbonyl (C=O) groups is 2. The SMILES string of the molecule is CC[C@@H](C)NC(=O)c1ccccc1NC(=O)COc1ccc(Cl)cc1Cl. The van der Waals surface area contributed by atoms with Gasteiger partial charge in [0.15, 0.2) is 6.61 Å². The van der Waals surface area contributed by atoms with Crippen molar-refractivity contribution in [3.63, 3.8) is 0 Å². The van der Waals surface area contributed by atoms with Crippen molar-refractivity contribution >= 4 is 40.7 Å². The summed E-state index contributed by atoms with van der Waals surface area (Å²) >= 11 is 11.8. The summed E-state index contributed by atoms with van der Waals surface area (Å²) in [6.45, 7) is 3.66. The van der Waals surface area contributed by atoms with Gasteiger partial charge in [0.25, 0.3) is 11.8 Å². The van der Waals surface area contributed by atoms with Crippen LogP contribution < -0.4 is 15.4 Å². The third kappa shape index (κ3) is 5.64. The molecule has 0 aliphatic heterocycles. The van der Waals surface area contributed by atoms with Crippen LogP contribution in [0.4, 0.5) is 5.69 Å². The molecule has 0 aliphatic carbocycles. The van der Waals surface area contributed by atoms with Crippen LogP contribution in [0.1, 0.15) is 30.6 Å². The quantitative estimate of drug-likeness (QED) is 0.724. The number of anilines is 1. The van der Waals surface area contributed by atoms with Crippen LogP contribution in [0.15, 0.2) is 42.5 Å². The zero-order valence-electron chi connectivity index (χ0n) is 14.5. The Labute approximate surface area is 162 Å². The molecule has 138 valence electrons. The van der Waals surface area contributed by atoms with Gasteiger partial charge in [-0.3, -0.25) is 9.59 Å². The first-order valence-corrected chi connectivity index (χ1v) is 8.94. The number of halogens is 2. The minimum absolute atomic E-state index is 0.0432. The Kier molecular flexibility index (Phi) is 7.30. The summed E-state index contributed by atoms with van der Waals surface area (Å²) in [5, 5.41) is 6.37. The lowest BCUT2D eigenvalue weighted by Crippen LogP contribution is -2.33. The molecule has 0 aromatic heterocycles. The van der Waals surface area contributed by atoms with E-state index in [1.807, 2.05) is 13.8 Å². The summed E-state index contributed by atoms with van der Waals surface area (Å²) in [5.41, 5.74) is 0.815. The van der Waals surface area contributed by atoms with Gasteiger partial charge in [0.05, 0.1) is 16.3 Å². The van der Waals surface area contributed by atoms with E-state index in [0.29, 0.717) is 27.0 Å². The highest BCUT2D eigenvalue weighted by atomic mass is 35.5. The Morgan fingerprint density at radius 2 is 1.88 bits per heavy atom. The molecule has 0 saturated heterocycles. The minimum Gasteiger partial charge on any atom is -0.482 e. The van der Waals surface area contributed by atoms with Gasteiger partial charge in [0, 0.05) is 11.1 Å². The van der Waals surface area contributed by atoms with Gasteiger partial charge >= 0.3 is 0 Å². The molecule has 2 aromatic carbocycles. The van der Waals surface area contributed by atoms with Crippen molar-refractivity contribution in [2.24, 2.45) is 0 Å². The summed E-state index contributed by atoms with van der Waals surface area (Å²) in [6.07, 6.45) is 0.815. The van der Waals surface area contributed by atoms with Crippen LogP contribution in [0, 0.1) is 0 Å². The van der Waals surface area contributed by atoms with Crippen molar-refractivity contribution in [2.45, 2.75) is 26.3 Å². The minimum atomic E-state index is -0.403. The van der Waals surface area contributed by atoms with E-state index in [1.165, 1.54) is 6.07 Å². The third-order valence-electron chi connectivity index (χ3n) is 3.69. The van der Waals surface area contributed by atoms with Gasteiger partial charge in [-0.05, 0) is 43.7 Å². The largest absolute Gasteiger partial charge is 0.482 e. The maximum Gasteiger partial charge on any atom is 0.262 e. The number of hydrogen-bond donors (Lipinski definition) is 2. The average molecular weight is 395 g/mol. The fourth-order valence-electron chi connectivity index (χ4n) is 2.12. The Balaban J connectivity index is 2.01. The molecule has 0 bridgehead atoms. The lowest BCUT2D eigenvalue weighted by Gasteiger charge is -2.15.